The summed E-state index contributed by atoms with van der Waals surface area (Å²) in [5, 5.41) is 2.79. The summed E-state index contributed by atoms with van der Waals surface area (Å²) < 4.78 is 38.7. The van der Waals surface area contributed by atoms with Gasteiger partial charge in [-0.25, -0.2) is 13.4 Å². The number of hydrogen-bond donors (Lipinski definition) is 2. The van der Waals surface area contributed by atoms with Crippen molar-refractivity contribution in [1.82, 2.24) is 10.3 Å². The Labute approximate surface area is 194 Å². The zero-order valence-corrected chi connectivity index (χ0v) is 19.6. The number of carbonyl (C=O) groups is 1. The fraction of sp³-hybridized carbons (Fsp3) is 0.250. The maximum atomic E-state index is 12.7. The van der Waals surface area contributed by atoms with Crippen LogP contribution < -0.4 is 14.8 Å². The second-order valence-electron chi connectivity index (χ2n) is 7.47. The molecule has 0 aliphatic heterocycles. The predicted octanol–water partition coefficient (Wildman–Crippen LogP) is 4.06. The number of amides is 1. The molecule has 2 aromatic carbocycles. The Morgan fingerprint density at radius 2 is 1.85 bits per heavy atom. The van der Waals surface area contributed by atoms with Crippen LogP contribution in [0.15, 0.2) is 65.7 Å². The molecule has 0 radical (unpaired) electrons. The van der Waals surface area contributed by atoms with Gasteiger partial charge in [-0.1, -0.05) is 12.1 Å². The molecule has 0 fully saturated rings. The number of carbonyl (C=O) groups excluding carboxylic acids is 1. The van der Waals surface area contributed by atoms with E-state index < -0.39 is 10.0 Å². The van der Waals surface area contributed by atoms with Gasteiger partial charge in [0.15, 0.2) is 0 Å². The molecule has 0 saturated heterocycles. The first-order chi connectivity index (χ1) is 15.8. The molecule has 0 saturated carbocycles. The van der Waals surface area contributed by atoms with Crippen molar-refractivity contribution in [1.29, 1.82) is 0 Å². The number of pyridine rings is 1. The first-order valence-corrected chi connectivity index (χ1v) is 11.9. The van der Waals surface area contributed by atoms with Crippen LogP contribution in [0.5, 0.6) is 11.6 Å². The van der Waals surface area contributed by atoms with Crippen LogP contribution in [0.1, 0.15) is 27.9 Å². The van der Waals surface area contributed by atoms with Crippen LogP contribution in [0.25, 0.3) is 0 Å². The summed E-state index contributed by atoms with van der Waals surface area (Å²) >= 11 is 0. The number of nitrogens with zero attached hydrogens (tertiary/aromatic N) is 1. The predicted molar refractivity (Wildman–Crippen MR) is 126 cm³/mol. The van der Waals surface area contributed by atoms with Gasteiger partial charge in [-0.3, -0.25) is 9.52 Å². The molecule has 1 aromatic heterocycles. The lowest BCUT2D eigenvalue weighted by molar-refractivity contribution is 0.0948. The minimum absolute atomic E-state index is 0.190. The van der Waals surface area contributed by atoms with E-state index >= 15 is 0 Å². The molecule has 174 valence electrons. The number of methoxy groups -OCH3 is 1. The van der Waals surface area contributed by atoms with Crippen molar-refractivity contribution in [3.63, 3.8) is 0 Å². The number of hydrogen-bond acceptors (Lipinski definition) is 6. The van der Waals surface area contributed by atoms with E-state index in [4.69, 9.17) is 9.47 Å². The molecule has 0 aliphatic carbocycles. The second-order valence-corrected chi connectivity index (χ2v) is 9.15. The molecule has 0 aliphatic rings. The van der Waals surface area contributed by atoms with Crippen molar-refractivity contribution < 1.29 is 22.7 Å². The molecule has 0 atom stereocenters. The third-order valence-electron chi connectivity index (χ3n) is 4.91. The zero-order valence-electron chi connectivity index (χ0n) is 18.8. The van der Waals surface area contributed by atoms with Gasteiger partial charge < -0.3 is 14.8 Å². The van der Waals surface area contributed by atoms with Crippen molar-refractivity contribution in [2.75, 3.05) is 25.0 Å². The van der Waals surface area contributed by atoms with Gasteiger partial charge in [-0.2, -0.15) is 0 Å². The van der Waals surface area contributed by atoms with Crippen molar-refractivity contribution in [3.05, 3.63) is 77.5 Å². The lowest BCUT2D eigenvalue weighted by Crippen LogP contribution is -2.25. The van der Waals surface area contributed by atoms with Crippen molar-refractivity contribution >= 4 is 21.6 Å². The molecular weight excluding hydrogens is 442 g/mol. The standard InChI is InChI=1S/C24H27N3O5S/c1-17-8-10-22(14-18(17)2)33(29,30)27-20-6-4-7-21(15-20)32-23-11-9-19(16-26-23)24(28)25-12-5-13-31-3/h4,6-11,14-16,27H,5,12-13H2,1-3H3,(H,25,28). The monoisotopic (exact) mass is 469 g/mol. The van der Waals surface area contributed by atoms with E-state index in [0.29, 0.717) is 30.2 Å². The second kappa shape index (κ2) is 10.9. The molecule has 0 bridgehead atoms. The van der Waals surface area contributed by atoms with Gasteiger partial charge in [0.25, 0.3) is 15.9 Å². The molecule has 1 amide bonds. The third kappa shape index (κ3) is 6.77. The summed E-state index contributed by atoms with van der Waals surface area (Å²) in [6.45, 7) is 4.88. The van der Waals surface area contributed by atoms with Gasteiger partial charge in [-0.15, -0.1) is 0 Å². The van der Waals surface area contributed by atoms with Gasteiger partial charge in [-0.05, 0) is 61.7 Å². The molecule has 3 rings (SSSR count). The smallest absolute Gasteiger partial charge is 0.261 e. The molecule has 1 heterocycles. The Morgan fingerprint density at radius 1 is 1.03 bits per heavy atom. The topological polar surface area (TPSA) is 107 Å². The quantitative estimate of drug-likeness (QED) is 0.434. The van der Waals surface area contributed by atoms with Gasteiger partial charge in [0.2, 0.25) is 5.88 Å². The number of nitrogens with one attached hydrogen (secondary N) is 2. The Bertz CT molecular complexity index is 1210. The van der Waals surface area contributed by atoms with Crippen molar-refractivity contribution in [3.8, 4) is 11.6 Å². The number of benzene rings is 2. The Morgan fingerprint density at radius 3 is 2.55 bits per heavy atom. The highest BCUT2D eigenvalue weighted by Crippen LogP contribution is 2.25. The van der Waals surface area contributed by atoms with Gasteiger partial charge >= 0.3 is 0 Å². The summed E-state index contributed by atoms with van der Waals surface area (Å²) in [7, 11) is -2.13. The van der Waals surface area contributed by atoms with E-state index in [1.54, 1.807) is 61.7 Å². The van der Waals surface area contributed by atoms with Crippen LogP contribution in [0.3, 0.4) is 0 Å². The van der Waals surface area contributed by atoms with Crippen LogP contribution in [0, 0.1) is 13.8 Å². The SMILES string of the molecule is COCCCNC(=O)c1ccc(Oc2cccc(NS(=O)(=O)c3ccc(C)c(C)c3)c2)nc1. The first kappa shape index (κ1) is 24.2. The van der Waals surface area contributed by atoms with E-state index in [-0.39, 0.29) is 16.7 Å². The number of ether oxygens (including phenoxy) is 2. The summed E-state index contributed by atoms with van der Waals surface area (Å²) in [6, 6.07) is 14.7. The fourth-order valence-electron chi connectivity index (χ4n) is 2.93. The number of aryl methyl sites for hydroxylation is 2. The third-order valence-corrected chi connectivity index (χ3v) is 6.29. The first-order valence-electron chi connectivity index (χ1n) is 10.4. The Hall–Kier alpha value is -3.43. The van der Waals surface area contributed by atoms with Crippen molar-refractivity contribution in [2.24, 2.45) is 0 Å². The van der Waals surface area contributed by atoms with E-state index in [0.717, 1.165) is 17.5 Å². The van der Waals surface area contributed by atoms with Crippen LogP contribution in [0.4, 0.5) is 5.69 Å². The largest absolute Gasteiger partial charge is 0.439 e. The van der Waals surface area contributed by atoms with Crippen LogP contribution in [-0.2, 0) is 14.8 Å². The van der Waals surface area contributed by atoms with E-state index in [1.807, 2.05) is 13.8 Å². The summed E-state index contributed by atoms with van der Waals surface area (Å²) in [5.74, 6) is 0.451. The molecular formula is C24H27N3O5S. The summed E-state index contributed by atoms with van der Waals surface area (Å²) in [4.78, 5) is 16.5. The average Bonchev–Trinajstić information content (AvgIpc) is 2.79. The number of sulfonamides is 1. The fourth-order valence-corrected chi connectivity index (χ4v) is 4.07. The highest BCUT2D eigenvalue weighted by atomic mass is 32.2. The van der Waals surface area contributed by atoms with Crippen LogP contribution >= 0.6 is 0 Å². The van der Waals surface area contributed by atoms with Crippen molar-refractivity contribution in [2.45, 2.75) is 25.2 Å². The van der Waals surface area contributed by atoms with E-state index in [2.05, 4.69) is 15.0 Å². The molecule has 33 heavy (non-hydrogen) atoms. The molecule has 8 nitrogen and oxygen atoms in total. The number of anilines is 1. The lowest BCUT2D eigenvalue weighted by atomic mass is 10.1. The Balaban J connectivity index is 1.65. The molecule has 3 aromatic rings. The molecule has 9 heteroatoms. The highest BCUT2D eigenvalue weighted by molar-refractivity contribution is 7.92. The average molecular weight is 470 g/mol. The van der Waals surface area contributed by atoms with Crippen LogP contribution in [-0.4, -0.2) is 39.6 Å². The highest BCUT2D eigenvalue weighted by Gasteiger charge is 2.15. The van der Waals surface area contributed by atoms with E-state index in [9.17, 15) is 13.2 Å². The van der Waals surface area contributed by atoms with Crippen LogP contribution in [0.2, 0.25) is 0 Å². The Kier molecular flexibility index (Phi) is 8.02. The minimum Gasteiger partial charge on any atom is -0.439 e. The molecule has 0 spiro atoms. The zero-order chi connectivity index (χ0) is 23.8. The molecule has 0 unspecified atom stereocenters. The summed E-state index contributed by atoms with van der Waals surface area (Å²) in [5.41, 5.74) is 2.69. The molecule has 2 N–H and O–H groups in total. The maximum Gasteiger partial charge on any atom is 0.261 e. The minimum atomic E-state index is -3.74. The number of rotatable bonds is 10. The van der Waals surface area contributed by atoms with E-state index in [1.165, 1.54) is 6.20 Å². The van der Waals surface area contributed by atoms with Gasteiger partial charge in [0.05, 0.1) is 16.1 Å². The normalized spacial score (nSPS) is 11.1. The summed E-state index contributed by atoms with van der Waals surface area (Å²) in [6.07, 6.45) is 2.15. The maximum absolute atomic E-state index is 12.7. The lowest BCUT2D eigenvalue weighted by Gasteiger charge is -2.11. The number of aromatic nitrogens is 1. The van der Waals surface area contributed by atoms with Gasteiger partial charge in [0.1, 0.15) is 5.75 Å². The van der Waals surface area contributed by atoms with Gasteiger partial charge in [0, 0.05) is 38.6 Å².